The van der Waals surface area contributed by atoms with Crippen molar-refractivity contribution in [1.29, 1.82) is 0 Å². The average Bonchev–Trinajstić information content (AvgIpc) is 2.42. The zero-order chi connectivity index (χ0) is 17.5. The van der Waals surface area contributed by atoms with Crippen LogP contribution in [0.5, 0.6) is 0 Å². The first-order chi connectivity index (χ1) is 10.6. The second-order valence-corrected chi connectivity index (χ2v) is 11.5. The van der Waals surface area contributed by atoms with Crippen LogP contribution in [0.3, 0.4) is 0 Å². The first-order valence-corrected chi connectivity index (χ1v) is 11.0. The van der Waals surface area contributed by atoms with Gasteiger partial charge in [0.1, 0.15) is 12.0 Å². The predicted octanol–water partition coefficient (Wildman–Crippen LogP) is 4.87. The molecule has 0 spiro atoms. The van der Waals surface area contributed by atoms with Gasteiger partial charge in [-0.1, -0.05) is 18.2 Å². The molecule has 0 amide bonds. The maximum Gasteiger partial charge on any atom is 0.343 e. The lowest BCUT2D eigenvalue weighted by Crippen LogP contribution is -2.24. The molecule has 4 nitrogen and oxygen atoms in total. The van der Waals surface area contributed by atoms with Crippen molar-refractivity contribution >= 4 is 14.3 Å². The van der Waals surface area contributed by atoms with E-state index in [0.717, 1.165) is 0 Å². The van der Waals surface area contributed by atoms with Crippen molar-refractivity contribution in [3.8, 4) is 0 Å². The van der Waals surface area contributed by atoms with Crippen LogP contribution in [0.25, 0.3) is 0 Å². The number of rotatable bonds is 6. The van der Waals surface area contributed by atoms with Crippen LogP contribution in [0.15, 0.2) is 54.7 Å². The Hall–Kier alpha value is -2.01. The van der Waals surface area contributed by atoms with Gasteiger partial charge < -0.3 is 13.9 Å². The predicted molar refractivity (Wildman–Crippen MR) is 94.3 cm³/mol. The van der Waals surface area contributed by atoms with Crippen LogP contribution in [-0.2, 0) is 13.9 Å². The van der Waals surface area contributed by atoms with E-state index in [9.17, 15) is 4.79 Å². The molecule has 126 valence electrons. The second-order valence-electron chi connectivity index (χ2n) is 7.04. The molecule has 0 saturated carbocycles. The Balaban J connectivity index is 2.80. The number of esters is 1. The topological polar surface area (TPSA) is 44.8 Å². The van der Waals surface area contributed by atoms with Gasteiger partial charge in [-0.05, 0) is 52.5 Å². The van der Waals surface area contributed by atoms with Crippen molar-refractivity contribution in [3.05, 3.63) is 60.3 Å². The van der Waals surface area contributed by atoms with E-state index in [0.29, 0.717) is 11.3 Å². The normalized spacial score (nSPS) is 13.0. The number of allylic oxidation sites excluding steroid dienone is 1. The van der Waals surface area contributed by atoms with E-state index in [2.05, 4.69) is 19.6 Å². The largest absolute Gasteiger partial charge is 0.542 e. The van der Waals surface area contributed by atoms with Gasteiger partial charge in [0, 0.05) is 6.08 Å². The monoisotopic (exact) mass is 334 g/mol. The molecule has 0 radical (unpaired) electrons. The van der Waals surface area contributed by atoms with Crippen molar-refractivity contribution in [2.45, 2.75) is 46.0 Å². The van der Waals surface area contributed by atoms with E-state index in [1.165, 1.54) is 6.26 Å². The lowest BCUT2D eigenvalue weighted by atomic mass is 10.2. The van der Waals surface area contributed by atoms with Crippen molar-refractivity contribution in [2.75, 3.05) is 0 Å². The third kappa shape index (κ3) is 8.88. The summed E-state index contributed by atoms with van der Waals surface area (Å²) in [6.45, 7) is 12.0. The zero-order valence-corrected chi connectivity index (χ0v) is 15.8. The molecule has 0 unspecified atom stereocenters. The van der Waals surface area contributed by atoms with Gasteiger partial charge in [0.05, 0.1) is 17.4 Å². The molecule has 0 atom stereocenters. The minimum absolute atomic E-state index is 0.290. The van der Waals surface area contributed by atoms with Crippen LogP contribution >= 0.6 is 0 Å². The fourth-order valence-corrected chi connectivity index (χ4v) is 2.33. The van der Waals surface area contributed by atoms with E-state index in [4.69, 9.17) is 13.9 Å². The quantitative estimate of drug-likeness (QED) is 0.322. The molecule has 5 heteroatoms. The second kappa shape index (κ2) is 8.01. The molecular formula is C18H26O4Si. The Morgan fingerprint density at radius 2 is 1.70 bits per heavy atom. The summed E-state index contributed by atoms with van der Waals surface area (Å²) in [6.07, 6.45) is 4.56. The van der Waals surface area contributed by atoms with Crippen molar-refractivity contribution < 1.29 is 18.7 Å². The lowest BCUT2D eigenvalue weighted by Gasteiger charge is -2.21. The van der Waals surface area contributed by atoms with Gasteiger partial charge in [-0.15, -0.1) is 0 Å². The Morgan fingerprint density at radius 1 is 1.09 bits per heavy atom. The van der Waals surface area contributed by atoms with Crippen LogP contribution in [0.4, 0.5) is 0 Å². The maximum atomic E-state index is 12.0. The molecule has 0 aliphatic rings. The van der Waals surface area contributed by atoms with Gasteiger partial charge in [-0.3, -0.25) is 0 Å². The molecule has 0 aliphatic carbocycles. The summed E-state index contributed by atoms with van der Waals surface area (Å²) in [4.78, 5) is 12.0. The summed E-state index contributed by atoms with van der Waals surface area (Å²) in [5, 5.41) is 0. The molecule has 0 saturated heterocycles. The minimum Gasteiger partial charge on any atom is -0.542 e. The number of hydrogen-bond donors (Lipinski definition) is 0. The van der Waals surface area contributed by atoms with Crippen molar-refractivity contribution in [2.24, 2.45) is 0 Å². The Kier molecular flexibility index (Phi) is 6.63. The Bertz CT molecular complexity index is 563. The summed E-state index contributed by atoms with van der Waals surface area (Å²) >= 11 is 0. The first-order valence-electron chi connectivity index (χ1n) is 7.56. The fourth-order valence-electron chi connectivity index (χ4n) is 1.51. The molecule has 0 fully saturated rings. The molecule has 0 bridgehead atoms. The first kappa shape index (κ1) is 19.0. The highest BCUT2D eigenvalue weighted by atomic mass is 28.4. The number of carbonyl (C=O) groups is 1. The van der Waals surface area contributed by atoms with Gasteiger partial charge >= 0.3 is 5.97 Å². The Labute approximate surface area is 139 Å². The SMILES string of the molecule is CC(C)(C)O/C=C/C(=C/OC(=O)c1ccccc1)O[Si](C)(C)C. The van der Waals surface area contributed by atoms with Crippen molar-refractivity contribution in [3.63, 3.8) is 0 Å². The van der Waals surface area contributed by atoms with Gasteiger partial charge in [0.2, 0.25) is 8.32 Å². The van der Waals surface area contributed by atoms with Crippen LogP contribution in [0.1, 0.15) is 31.1 Å². The highest BCUT2D eigenvalue weighted by molar-refractivity contribution is 6.70. The van der Waals surface area contributed by atoms with Gasteiger partial charge in [0.25, 0.3) is 0 Å². The highest BCUT2D eigenvalue weighted by Crippen LogP contribution is 2.14. The van der Waals surface area contributed by atoms with E-state index in [-0.39, 0.29) is 5.60 Å². The van der Waals surface area contributed by atoms with Crippen LogP contribution < -0.4 is 0 Å². The van der Waals surface area contributed by atoms with Gasteiger partial charge in [-0.2, -0.15) is 0 Å². The van der Waals surface area contributed by atoms with E-state index >= 15 is 0 Å². The van der Waals surface area contributed by atoms with Crippen LogP contribution in [0, 0.1) is 0 Å². The van der Waals surface area contributed by atoms with E-state index in [1.54, 1.807) is 36.6 Å². The molecule has 1 aromatic carbocycles. The fraction of sp³-hybridized carbons (Fsp3) is 0.389. The third-order valence-corrected chi connectivity index (χ3v) is 3.22. The number of ether oxygens (including phenoxy) is 2. The molecule has 0 aromatic heterocycles. The highest BCUT2D eigenvalue weighted by Gasteiger charge is 2.18. The summed E-state index contributed by atoms with van der Waals surface area (Å²) in [7, 11) is -1.83. The molecule has 1 aromatic rings. The summed E-state index contributed by atoms with van der Waals surface area (Å²) < 4.78 is 16.6. The van der Waals surface area contributed by atoms with E-state index < -0.39 is 14.3 Å². The lowest BCUT2D eigenvalue weighted by molar-refractivity contribution is 0.0650. The minimum atomic E-state index is -1.83. The molecule has 1 rings (SSSR count). The summed E-state index contributed by atoms with van der Waals surface area (Å²) in [5.41, 5.74) is 0.201. The molecular weight excluding hydrogens is 308 g/mol. The molecule has 0 heterocycles. The van der Waals surface area contributed by atoms with Gasteiger partial charge in [-0.25, -0.2) is 4.79 Å². The summed E-state index contributed by atoms with van der Waals surface area (Å²) in [6, 6.07) is 8.83. The smallest absolute Gasteiger partial charge is 0.343 e. The summed E-state index contributed by atoms with van der Waals surface area (Å²) in [5.74, 6) is 0.0464. The standard InChI is InChI=1S/C18H26O4Si/c1-18(2,3)21-13-12-16(22-23(4,5)6)14-20-17(19)15-10-8-7-9-11-15/h7-14H,1-6H3/b13-12+,16-14-. The van der Waals surface area contributed by atoms with Crippen LogP contribution in [-0.4, -0.2) is 19.9 Å². The molecule has 0 N–H and O–H groups in total. The van der Waals surface area contributed by atoms with Crippen LogP contribution in [0.2, 0.25) is 19.6 Å². The average molecular weight is 334 g/mol. The van der Waals surface area contributed by atoms with E-state index in [1.807, 2.05) is 26.8 Å². The molecule has 23 heavy (non-hydrogen) atoms. The number of benzene rings is 1. The Morgan fingerprint density at radius 3 is 2.22 bits per heavy atom. The maximum absolute atomic E-state index is 12.0. The van der Waals surface area contributed by atoms with Gasteiger partial charge in [0.15, 0.2) is 0 Å². The third-order valence-electron chi connectivity index (χ3n) is 2.37. The van der Waals surface area contributed by atoms with Crippen molar-refractivity contribution in [1.82, 2.24) is 0 Å². The number of hydrogen-bond acceptors (Lipinski definition) is 4. The molecule has 0 aliphatic heterocycles. The number of carbonyl (C=O) groups excluding carboxylic acids is 1. The zero-order valence-electron chi connectivity index (χ0n) is 14.8.